The summed E-state index contributed by atoms with van der Waals surface area (Å²) in [5, 5.41) is 12.7. The monoisotopic (exact) mass is 254 g/mol. The molecule has 1 aromatic rings. The number of nitrogens with zero attached hydrogens (tertiary/aromatic N) is 1. The van der Waals surface area contributed by atoms with Gasteiger partial charge in [-0.2, -0.15) is 0 Å². The van der Waals surface area contributed by atoms with Crippen LogP contribution in [0.15, 0.2) is 12.3 Å². The van der Waals surface area contributed by atoms with Crippen molar-refractivity contribution in [2.75, 3.05) is 0 Å². The molecule has 0 saturated heterocycles. The number of halogens is 1. The highest BCUT2D eigenvalue weighted by Gasteiger charge is 2.20. The van der Waals surface area contributed by atoms with Gasteiger partial charge in [0.15, 0.2) is 11.4 Å². The Bertz CT molecular complexity index is 417. The summed E-state index contributed by atoms with van der Waals surface area (Å²) < 4.78 is 0. The third-order valence-electron chi connectivity index (χ3n) is 3.03. The molecule has 0 unspecified atom stereocenters. The van der Waals surface area contributed by atoms with E-state index in [1.165, 1.54) is 18.7 Å². The van der Waals surface area contributed by atoms with Gasteiger partial charge in [-0.15, -0.1) is 0 Å². The van der Waals surface area contributed by atoms with Crippen LogP contribution in [-0.2, 0) is 0 Å². The lowest BCUT2D eigenvalue weighted by atomic mass is 9.95. The molecular weight excluding hydrogens is 240 g/mol. The van der Waals surface area contributed by atoms with Gasteiger partial charge in [0.2, 0.25) is 0 Å². The van der Waals surface area contributed by atoms with Crippen LogP contribution in [0.3, 0.4) is 0 Å². The van der Waals surface area contributed by atoms with Gasteiger partial charge >= 0.3 is 0 Å². The first-order valence-corrected chi connectivity index (χ1v) is 6.20. The van der Waals surface area contributed by atoms with Gasteiger partial charge in [-0.3, -0.25) is 4.79 Å². The fourth-order valence-electron chi connectivity index (χ4n) is 2.10. The van der Waals surface area contributed by atoms with Crippen molar-refractivity contribution in [1.82, 2.24) is 10.3 Å². The lowest BCUT2D eigenvalue weighted by Crippen LogP contribution is -2.36. The quantitative estimate of drug-likeness (QED) is 0.852. The lowest BCUT2D eigenvalue weighted by Gasteiger charge is -2.22. The first-order chi connectivity index (χ1) is 8.18. The van der Waals surface area contributed by atoms with Crippen molar-refractivity contribution in [3.8, 4) is 5.75 Å². The second-order valence-electron chi connectivity index (χ2n) is 4.30. The molecule has 17 heavy (non-hydrogen) atoms. The molecule has 1 heterocycles. The predicted octanol–water partition coefficient (Wildman–Crippen LogP) is 2.50. The first kappa shape index (κ1) is 12.2. The molecule has 0 spiro atoms. The zero-order valence-corrected chi connectivity index (χ0v) is 10.2. The molecule has 1 aliphatic carbocycles. The van der Waals surface area contributed by atoms with Crippen LogP contribution >= 0.6 is 11.6 Å². The second-order valence-corrected chi connectivity index (χ2v) is 4.71. The lowest BCUT2D eigenvalue weighted by molar-refractivity contribution is 0.0919. The zero-order chi connectivity index (χ0) is 12.3. The minimum absolute atomic E-state index is 0.00285. The van der Waals surface area contributed by atoms with Crippen LogP contribution in [0.4, 0.5) is 0 Å². The number of amides is 1. The van der Waals surface area contributed by atoms with Gasteiger partial charge in [-0.1, -0.05) is 30.9 Å². The molecule has 1 amide bonds. The molecule has 4 nitrogen and oxygen atoms in total. The van der Waals surface area contributed by atoms with Crippen LogP contribution in [0.2, 0.25) is 5.02 Å². The number of hydrogen-bond acceptors (Lipinski definition) is 3. The number of pyridine rings is 1. The van der Waals surface area contributed by atoms with Crippen LogP contribution in [-0.4, -0.2) is 22.0 Å². The Labute approximate surface area is 105 Å². The molecule has 1 fully saturated rings. The van der Waals surface area contributed by atoms with E-state index in [0.717, 1.165) is 25.7 Å². The average Bonchev–Trinajstić information content (AvgIpc) is 2.34. The van der Waals surface area contributed by atoms with Crippen molar-refractivity contribution in [2.24, 2.45) is 0 Å². The predicted molar refractivity (Wildman–Crippen MR) is 65.3 cm³/mol. The van der Waals surface area contributed by atoms with Crippen molar-refractivity contribution >= 4 is 17.5 Å². The number of carbonyl (C=O) groups excluding carboxylic acids is 1. The van der Waals surface area contributed by atoms with Crippen LogP contribution in [0.5, 0.6) is 5.75 Å². The largest absolute Gasteiger partial charge is 0.504 e. The van der Waals surface area contributed by atoms with Crippen molar-refractivity contribution in [1.29, 1.82) is 0 Å². The van der Waals surface area contributed by atoms with Gasteiger partial charge in [0.1, 0.15) is 0 Å². The van der Waals surface area contributed by atoms with Crippen LogP contribution < -0.4 is 5.32 Å². The summed E-state index contributed by atoms with van der Waals surface area (Å²) >= 11 is 5.73. The van der Waals surface area contributed by atoms with Crippen LogP contribution in [0.25, 0.3) is 0 Å². The van der Waals surface area contributed by atoms with E-state index in [4.69, 9.17) is 11.6 Å². The van der Waals surface area contributed by atoms with Gasteiger partial charge in [0.25, 0.3) is 5.91 Å². The molecule has 92 valence electrons. The Morgan fingerprint density at radius 3 is 2.82 bits per heavy atom. The van der Waals surface area contributed by atoms with Crippen LogP contribution in [0.1, 0.15) is 42.6 Å². The summed E-state index contributed by atoms with van der Waals surface area (Å²) in [7, 11) is 0. The van der Waals surface area contributed by atoms with Crippen LogP contribution in [0, 0.1) is 0 Å². The van der Waals surface area contributed by atoms with E-state index in [2.05, 4.69) is 10.3 Å². The Morgan fingerprint density at radius 1 is 1.41 bits per heavy atom. The summed E-state index contributed by atoms with van der Waals surface area (Å²) in [6, 6.07) is 1.64. The summed E-state index contributed by atoms with van der Waals surface area (Å²) in [6.45, 7) is 0. The summed E-state index contributed by atoms with van der Waals surface area (Å²) in [5.74, 6) is -0.598. The molecule has 0 bridgehead atoms. The van der Waals surface area contributed by atoms with Crippen molar-refractivity contribution in [3.05, 3.63) is 23.0 Å². The molecule has 1 aliphatic rings. The Balaban J connectivity index is 2.06. The van der Waals surface area contributed by atoms with Crippen molar-refractivity contribution < 1.29 is 9.90 Å². The molecule has 1 aromatic heterocycles. The van der Waals surface area contributed by atoms with E-state index in [1.54, 1.807) is 0 Å². The van der Waals surface area contributed by atoms with E-state index in [-0.39, 0.29) is 28.4 Å². The number of aromatic nitrogens is 1. The number of hydrogen-bond donors (Lipinski definition) is 2. The third-order valence-corrected chi connectivity index (χ3v) is 3.34. The highest BCUT2D eigenvalue weighted by atomic mass is 35.5. The normalized spacial score (nSPS) is 16.8. The minimum atomic E-state index is -0.350. The average molecular weight is 255 g/mol. The molecule has 0 aliphatic heterocycles. The zero-order valence-electron chi connectivity index (χ0n) is 9.45. The second kappa shape index (κ2) is 5.36. The summed E-state index contributed by atoms with van der Waals surface area (Å²) in [4.78, 5) is 15.8. The van der Waals surface area contributed by atoms with Gasteiger partial charge in [0, 0.05) is 12.2 Å². The van der Waals surface area contributed by atoms with Gasteiger partial charge in [-0.05, 0) is 18.9 Å². The maximum absolute atomic E-state index is 11.9. The van der Waals surface area contributed by atoms with Gasteiger partial charge in [-0.25, -0.2) is 4.98 Å². The highest BCUT2D eigenvalue weighted by molar-refractivity contribution is 6.32. The number of aromatic hydroxyl groups is 1. The smallest absolute Gasteiger partial charge is 0.274 e. The topological polar surface area (TPSA) is 62.2 Å². The molecule has 0 atom stereocenters. The summed E-state index contributed by atoms with van der Waals surface area (Å²) in [6.07, 6.45) is 6.91. The Morgan fingerprint density at radius 2 is 2.12 bits per heavy atom. The van der Waals surface area contributed by atoms with E-state index in [0.29, 0.717) is 0 Å². The maximum atomic E-state index is 11.9. The van der Waals surface area contributed by atoms with E-state index >= 15 is 0 Å². The van der Waals surface area contributed by atoms with E-state index < -0.39 is 0 Å². The van der Waals surface area contributed by atoms with Gasteiger partial charge in [0.05, 0.1) is 5.02 Å². The van der Waals surface area contributed by atoms with Gasteiger partial charge < -0.3 is 10.4 Å². The van der Waals surface area contributed by atoms with Crippen molar-refractivity contribution in [2.45, 2.75) is 38.1 Å². The SMILES string of the molecule is O=C(NC1CCCCC1)c1nccc(Cl)c1O. The molecule has 5 heteroatoms. The maximum Gasteiger partial charge on any atom is 0.274 e. The highest BCUT2D eigenvalue weighted by Crippen LogP contribution is 2.25. The number of rotatable bonds is 2. The van der Waals surface area contributed by atoms with Crippen molar-refractivity contribution in [3.63, 3.8) is 0 Å². The minimum Gasteiger partial charge on any atom is -0.504 e. The molecule has 0 aromatic carbocycles. The third kappa shape index (κ3) is 2.88. The Kier molecular flexibility index (Phi) is 3.84. The molecule has 2 N–H and O–H groups in total. The Hall–Kier alpha value is -1.29. The standard InChI is InChI=1S/C12H15ClN2O2/c13-9-6-7-14-10(11(9)16)12(17)15-8-4-2-1-3-5-8/h6-8,16H,1-5H2,(H,15,17). The number of nitrogens with one attached hydrogen (secondary N) is 1. The molecule has 1 saturated carbocycles. The first-order valence-electron chi connectivity index (χ1n) is 5.83. The fourth-order valence-corrected chi connectivity index (χ4v) is 2.24. The summed E-state index contributed by atoms with van der Waals surface area (Å²) in [5.41, 5.74) is 0.00285. The molecular formula is C12H15ClN2O2. The van der Waals surface area contributed by atoms with E-state index in [9.17, 15) is 9.90 Å². The fraction of sp³-hybridized carbons (Fsp3) is 0.500. The number of carbonyl (C=O) groups is 1. The van der Waals surface area contributed by atoms with E-state index in [1.807, 2.05) is 0 Å². The molecule has 0 radical (unpaired) electrons. The molecule has 2 rings (SSSR count).